The minimum Gasteiger partial charge on any atom is -0.388 e. The van der Waals surface area contributed by atoms with Gasteiger partial charge in [-0.1, -0.05) is 31.2 Å². The summed E-state index contributed by atoms with van der Waals surface area (Å²) >= 11 is 0. The molecule has 0 aromatic carbocycles. The van der Waals surface area contributed by atoms with Crippen LogP contribution in [0.4, 0.5) is 0 Å². The average Bonchev–Trinajstić information content (AvgIpc) is 2.30. The summed E-state index contributed by atoms with van der Waals surface area (Å²) in [5.41, 5.74) is 2.51. The van der Waals surface area contributed by atoms with Gasteiger partial charge in [0.2, 0.25) is 0 Å². The normalized spacial score (nSPS) is 31.1. The summed E-state index contributed by atoms with van der Waals surface area (Å²) in [5, 5.41) is 3.19. The lowest BCUT2D eigenvalue weighted by atomic mass is 10.0. The van der Waals surface area contributed by atoms with Gasteiger partial charge in [0.05, 0.1) is 0 Å². The highest BCUT2D eigenvalue weighted by Gasteiger charge is 2.05. The second-order valence-corrected chi connectivity index (χ2v) is 3.82. The second-order valence-electron chi connectivity index (χ2n) is 3.82. The minimum atomic E-state index is 0.442. The third-order valence-electron chi connectivity index (χ3n) is 2.65. The minimum absolute atomic E-state index is 0.442. The van der Waals surface area contributed by atoms with Gasteiger partial charge in [-0.3, -0.25) is 0 Å². The van der Waals surface area contributed by atoms with Gasteiger partial charge in [0, 0.05) is 25.5 Å². The van der Waals surface area contributed by atoms with E-state index in [1.807, 2.05) is 13.2 Å². The Morgan fingerprint density at radius 1 is 1.60 bits per heavy atom. The molecule has 1 atom stereocenters. The molecule has 82 valence electrons. The molecule has 0 aromatic rings. The quantitative estimate of drug-likeness (QED) is 0.744. The van der Waals surface area contributed by atoms with Gasteiger partial charge in [0.15, 0.2) is 0 Å². The largest absolute Gasteiger partial charge is 0.388 e. The predicted molar refractivity (Wildman–Crippen MR) is 66.1 cm³/mol. The van der Waals surface area contributed by atoms with Crippen LogP contribution in [0.2, 0.25) is 0 Å². The monoisotopic (exact) mass is 204 g/mol. The first-order chi connectivity index (χ1) is 7.17. The van der Waals surface area contributed by atoms with E-state index in [1.165, 1.54) is 11.3 Å². The van der Waals surface area contributed by atoms with Gasteiger partial charge in [0.1, 0.15) is 0 Å². The van der Waals surface area contributed by atoms with Crippen molar-refractivity contribution in [2.24, 2.45) is 5.92 Å². The SMILES string of the molecule is C=CN1/C=C(/C)[C@H](C)/C=C(NC)\C=C/C1. The van der Waals surface area contributed by atoms with E-state index in [-0.39, 0.29) is 0 Å². The van der Waals surface area contributed by atoms with Gasteiger partial charge in [-0.25, -0.2) is 0 Å². The van der Waals surface area contributed by atoms with Crippen LogP contribution in [0.5, 0.6) is 0 Å². The van der Waals surface area contributed by atoms with Crippen LogP contribution in [-0.2, 0) is 0 Å². The highest BCUT2D eigenvalue weighted by molar-refractivity contribution is 5.23. The molecule has 0 radical (unpaired) electrons. The Labute approximate surface area is 92.7 Å². The lowest BCUT2D eigenvalue weighted by Crippen LogP contribution is -2.10. The molecule has 2 nitrogen and oxygen atoms in total. The van der Waals surface area contributed by atoms with Crippen LogP contribution in [0.3, 0.4) is 0 Å². The topological polar surface area (TPSA) is 15.3 Å². The molecule has 0 spiro atoms. The van der Waals surface area contributed by atoms with Crippen LogP contribution in [0, 0.1) is 5.92 Å². The fraction of sp³-hybridized carbons (Fsp3) is 0.385. The van der Waals surface area contributed by atoms with Gasteiger partial charge < -0.3 is 10.2 Å². The van der Waals surface area contributed by atoms with E-state index in [4.69, 9.17) is 0 Å². The van der Waals surface area contributed by atoms with Crippen molar-refractivity contribution in [3.8, 4) is 0 Å². The third-order valence-corrected chi connectivity index (χ3v) is 2.65. The highest BCUT2D eigenvalue weighted by Crippen LogP contribution is 2.15. The molecule has 0 saturated heterocycles. The first-order valence-electron chi connectivity index (χ1n) is 5.30. The van der Waals surface area contributed by atoms with Crippen molar-refractivity contribution in [1.82, 2.24) is 10.2 Å². The number of likely N-dealkylation sites (N-methyl/N-ethyl adjacent to an activating group) is 1. The molecule has 1 heterocycles. The predicted octanol–water partition coefficient (Wildman–Crippen LogP) is 2.64. The summed E-state index contributed by atoms with van der Waals surface area (Å²) in [6.07, 6.45) is 10.5. The van der Waals surface area contributed by atoms with Crippen LogP contribution >= 0.6 is 0 Å². The van der Waals surface area contributed by atoms with Crippen molar-refractivity contribution in [2.75, 3.05) is 13.6 Å². The molecule has 1 rings (SSSR count). The molecule has 0 fully saturated rings. The lowest BCUT2D eigenvalue weighted by molar-refractivity contribution is 0.556. The van der Waals surface area contributed by atoms with Crippen LogP contribution < -0.4 is 5.32 Å². The molecule has 0 saturated carbocycles. The molecule has 1 aliphatic heterocycles. The second kappa shape index (κ2) is 5.44. The number of allylic oxidation sites excluding steroid dienone is 3. The smallest absolute Gasteiger partial charge is 0.0403 e. The van der Waals surface area contributed by atoms with E-state index < -0.39 is 0 Å². The maximum absolute atomic E-state index is 3.80. The molecular weight excluding hydrogens is 184 g/mol. The molecule has 0 amide bonds. The Bertz CT molecular complexity index is 310. The number of rotatable bonds is 2. The summed E-state index contributed by atoms with van der Waals surface area (Å²) in [4.78, 5) is 2.09. The van der Waals surface area contributed by atoms with E-state index in [2.05, 4.69) is 55.1 Å². The summed E-state index contributed by atoms with van der Waals surface area (Å²) in [6.45, 7) is 9.02. The summed E-state index contributed by atoms with van der Waals surface area (Å²) in [6, 6.07) is 0. The molecule has 1 aliphatic rings. The van der Waals surface area contributed by atoms with Gasteiger partial charge in [0.25, 0.3) is 0 Å². The van der Waals surface area contributed by atoms with Crippen molar-refractivity contribution in [2.45, 2.75) is 13.8 Å². The molecule has 0 aliphatic carbocycles. The highest BCUT2D eigenvalue weighted by atomic mass is 15.1. The average molecular weight is 204 g/mol. The fourth-order valence-electron chi connectivity index (χ4n) is 1.48. The molecule has 0 bridgehead atoms. The van der Waals surface area contributed by atoms with Crippen molar-refractivity contribution >= 4 is 0 Å². The Morgan fingerprint density at radius 2 is 2.33 bits per heavy atom. The molecular formula is C13H20N2. The molecule has 0 aromatic heterocycles. The van der Waals surface area contributed by atoms with Crippen molar-refractivity contribution in [3.05, 3.63) is 48.5 Å². The Kier molecular flexibility index (Phi) is 4.22. The summed E-state index contributed by atoms with van der Waals surface area (Å²) in [5.74, 6) is 0.442. The van der Waals surface area contributed by atoms with Gasteiger partial charge >= 0.3 is 0 Å². The zero-order valence-electron chi connectivity index (χ0n) is 9.83. The number of hydrogen-bond donors (Lipinski definition) is 1. The van der Waals surface area contributed by atoms with Crippen LogP contribution in [0.15, 0.2) is 48.5 Å². The van der Waals surface area contributed by atoms with Gasteiger partial charge in [-0.2, -0.15) is 0 Å². The fourth-order valence-corrected chi connectivity index (χ4v) is 1.48. The molecule has 1 N–H and O–H groups in total. The van der Waals surface area contributed by atoms with Crippen LogP contribution in [0.1, 0.15) is 13.8 Å². The lowest BCUT2D eigenvalue weighted by Gasteiger charge is -2.15. The maximum Gasteiger partial charge on any atom is 0.0403 e. The van der Waals surface area contributed by atoms with Gasteiger partial charge in [-0.05, 0) is 25.1 Å². The van der Waals surface area contributed by atoms with Gasteiger partial charge in [-0.15, -0.1) is 0 Å². The zero-order valence-corrected chi connectivity index (χ0v) is 9.83. The maximum atomic E-state index is 3.80. The van der Waals surface area contributed by atoms with Crippen molar-refractivity contribution in [3.63, 3.8) is 0 Å². The van der Waals surface area contributed by atoms with E-state index >= 15 is 0 Å². The van der Waals surface area contributed by atoms with E-state index in [9.17, 15) is 0 Å². The van der Waals surface area contributed by atoms with Crippen LogP contribution in [0.25, 0.3) is 0 Å². The molecule has 15 heavy (non-hydrogen) atoms. The molecule has 2 heteroatoms. The Hall–Kier alpha value is -1.44. The zero-order chi connectivity index (χ0) is 11.3. The Balaban J connectivity index is 2.96. The number of nitrogens with zero attached hydrogens (tertiary/aromatic N) is 1. The van der Waals surface area contributed by atoms with Crippen molar-refractivity contribution < 1.29 is 0 Å². The van der Waals surface area contributed by atoms with E-state index in [0.717, 1.165) is 6.54 Å². The summed E-state index contributed by atoms with van der Waals surface area (Å²) in [7, 11) is 1.95. The van der Waals surface area contributed by atoms with E-state index in [0.29, 0.717) is 5.92 Å². The van der Waals surface area contributed by atoms with Crippen LogP contribution in [-0.4, -0.2) is 18.5 Å². The van der Waals surface area contributed by atoms with E-state index in [1.54, 1.807) is 0 Å². The van der Waals surface area contributed by atoms with Crippen molar-refractivity contribution in [1.29, 1.82) is 0 Å². The standard InChI is InChI=1S/C13H20N2/c1-5-15-8-6-7-13(14-4)9-11(2)12(3)10-15/h5-7,9-11,14H,1,8H2,2-4H3/b7-6-,12-10-,13-9+/t11-/m1/s1. The third kappa shape index (κ3) is 3.31. The number of hydrogen-bond acceptors (Lipinski definition) is 2. The first-order valence-corrected chi connectivity index (χ1v) is 5.30. The molecule has 0 unspecified atom stereocenters. The first kappa shape index (κ1) is 11.6. The Morgan fingerprint density at radius 3 is 2.93 bits per heavy atom. The summed E-state index contributed by atoms with van der Waals surface area (Å²) < 4.78 is 0. The number of nitrogens with one attached hydrogen (secondary N) is 1.